The summed E-state index contributed by atoms with van der Waals surface area (Å²) in [5, 5.41) is 17.4. The Bertz CT molecular complexity index is 419. The lowest BCUT2D eigenvalue weighted by molar-refractivity contribution is -0.302. The number of hydrogen-bond acceptors (Lipinski definition) is 5. The van der Waals surface area contributed by atoms with Crippen LogP contribution in [0.25, 0.3) is 4.98 Å². The second-order valence-corrected chi connectivity index (χ2v) is 2.65. The molecule has 1 rings (SSSR count). The van der Waals surface area contributed by atoms with Gasteiger partial charge in [-0.3, -0.25) is 4.79 Å². The molecule has 0 aliphatic rings. The quantitative estimate of drug-likeness (QED) is 0.399. The van der Waals surface area contributed by atoms with E-state index in [-0.39, 0.29) is 11.4 Å². The number of benzene rings is 1. The molecule has 0 radical (unpaired) electrons. The number of aliphatic carboxylic acids is 1. The zero-order chi connectivity index (χ0) is 12.6. The Labute approximate surface area is 92.1 Å². The van der Waals surface area contributed by atoms with E-state index in [1.165, 1.54) is 13.0 Å². The number of nitrogens with zero attached hydrogens (tertiary/aromatic N) is 2. The Hall–Kier alpha value is -2.42. The standard InChI is InChI=1S/C8H7N2O2.C2H4O2/c1-6(11)12-8-5-3-2-4-7(8)10-9;1-2(3)4/h2-5H,1H3;1H3,(H,3,4)/q+1;/p-1. The van der Waals surface area contributed by atoms with Crippen LogP contribution in [-0.2, 0) is 9.59 Å². The maximum absolute atomic E-state index is 10.5. The van der Waals surface area contributed by atoms with Gasteiger partial charge < -0.3 is 14.6 Å². The molecule has 1 aromatic carbocycles. The summed E-state index contributed by atoms with van der Waals surface area (Å²) in [6.45, 7) is 2.26. The first-order valence-corrected chi connectivity index (χ1v) is 4.27. The predicted octanol–water partition coefficient (Wildman–Crippen LogP) is 0.853. The molecule has 0 aromatic heterocycles. The SMILES string of the molecule is CC(=O)Oc1ccccc1[N+]#N.CC(=O)[O-]. The lowest BCUT2D eigenvalue weighted by Gasteiger charge is -1.95. The number of carboxylic acid groups (broad SMARTS) is 1. The van der Waals surface area contributed by atoms with Crippen molar-refractivity contribution >= 4 is 17.6 Å². The van der Waals surface area contributed by atoms with E-state index in [1.807, 2.05) is 0 Å². The second-order valence-electron chi connectivity index (χ2n) is 2.65. The number of rotatable bonds is 1. The molecular formula is C10H10N2O4. The van der Waals surface area contributed by atoms with Crippen LogP contribution >= 0.6 is 0 Å². The average molecular weight is 222 g/mol. The molecule has 6 nitrogen and oxygen atoms in total. The highest BCUT2D eigenvalue weighted by atomic mass is 16.5. The topological polar surface area (TPSA) is 94.6 Å². The van der Waals surface area contributed by atoms with Gasteiger partial charge in [0.05, 0.1) is 0 Å². The zero-order valence-corrected chi connectivity index (χ0v) is 8.84. The summed E-state index contributed by atoms with van der Waals surface area (Å²) in [4.78, 5) is 22.4. The van der Waals surface area contributed by atoms with Crippen LogP contribution in [0.5, 0.6) is 5.75 Å². The van der Waals surface area contributed by atoms with Crippen LogP contribution in [0.15, 0.2) is 24.3 Å². The third-order valence-corrected chi connectivity index (χ3v) is 1.23. The Morgan fingerprint density at radius 2 is 1.81 bits per heavy atom. The van der Waals surface area contributed by atoms with Crippen LogP contribution in [0.2, 0.25) is 0 Å². The predicted molar refractivity (Wildman–Crippen MR) is 53.2 cm³/mol. The van der Waals surface area contributed by atoms with Gasteiger partial charge in [-0.2, -0.15) is 0 Å². The van der Waals surface area contributed by atoms with Crippen molar-refractivity contribution < 1.29 is 19.4 Å². The van der Waals surface area contributed by atoms with Crippen LogP contribution in [0.4, 0.5) is 5.69 Å². The minimum Gasteiger partial charge on any atom is -0.550 e. The highest BCUT2D eigenvalue weighted by molar-refractivity contribution is 5.72. The van der Waals surface area contributed by atoms with Gasteiger partial charge in [0.15, 0.2) is 4.98 Å². The smallest absolute Gasteiger partial charge is 0.427 e. The van der Waals surface area contributed by atoms with Crippen LogP contribution in [-0.4, -0.2) is 11.9 Å². The maximum atomic E-state index is 10.5. The first-order valence-electron chi connectivity index (χ1n) is 4.27. The highest BCUT2D eigenvalue weighted by Gasteiger charge is 2.14. The Morgan fingerprint density at radius 3 is 2.25 bits per heavy atom. The van der Waals surface area contributed by atoms with E-state index in [1.54, 1.807) is 18.2 Å². The van der Waals surface area contributed by atoms with Crippen molar-refractivity contribution in [3.8, 4) is 5.75 Å². The molecule has 0 atom stereocenters. The fourth-order valence-electron chi connectivity index (χ4n) is 0.781. The molecule has 0 N–H and O–H groups in total. The van der Waals surface area contributed by atoms with Gasteiger partial charge >= 0.3 is 11.7 Å². The number of carbonyl (C=O) groups is 2. The second kappa shape index (κ2) is 6.95. The van der Waals surface area contributed by atoms with Gasteiger partial charge in [-0.15, -0.1) is 0 Å². The molecule has 0 saturated heterocycles. The summed E-state index contributed by atoms with van der Waals surface area (Å²) >= 11 is 0. The summed E-state index contributed by atoms with van der Waals surface area (Å²) in [5.41, 5.74) is 0.243. The van der Waals surface area contributed by atoms with Crippen LogP contribution in [0.1, 0.15) is 13.8 Å². The first kappa shape index (κ1) is 13.6. The zero-order valence-electron chi connectivity index (χ0n) is 8.84. The van der Waals surface area contributed by atoms with Gasteiger partial charge in [-0.25, -0.2) is 0 Å². The van der Waals surface area contributed by atoms with Crippen LogP contribution in [0, 0.1) is 5.39 Å². The van der Waals surface area contributed by atoms with Crippen molar-refractivity contribution in [1.29, 1.82) is 5.39 Å². The minimum atomic E-state index is -1.08. The molecular weight excluding hydrogens is 212 g/mol. The molecule has 0 aliphatic carbocycles. The normalized spacial score (nSPS) is 8.06. The molecule has 6 heteroatoms. The fourth-order valence-corrected chi connectivity index (χ4v) is 0.781. The van der Waals surface area contributed by atoms with E-state index in [4.69, 9.17) is 20.0 Å². The summed E-state index contributed by atoms with van der Waals surface area (Å²) in [5.74, 6) is -1.27. The highest BCUT2D eigenvalue weighted by Crippen LogP contribution is 2.26. The van der Waals surface area contributed by atoms with E-state index in [0.29, 0.717) is 0 Å². The van der Waals surface area contributed by atoms with Gasteiger partial charge in [-0.05, 0) is 13.0 Å². The molecule has 1 aromatic rings. The third-order valence-electron chi connectivity index (χ3n) is 1.23. The van der Waals surface area contributed by atoms with Gasteiger partial charge in [-0.1, -0.05) is 12.1 Å². The molecule has 0 fully saturated rings. The van der Waals surface area contributed by atoms with E-state index in [2.05, 4.69) is 4.98 Å². The van der Waals surface area contributed by atoms with Gasteiger partial charge in [0.2, 0.25) is 11.1 Å². The minimum absolute atomic E-state index is 0.243. The molecule has 84 valence electrons. The summed E-state index contributed by atoms with van der Waals surface area (Å²) < 4.78 is 4.74. The number of para-hydroxylation sites is 1. The molecule has 0 unspecified atom stereocenters. The van der Waals surface area contributed by atoms with Crippen molar-refractivity contribution in [2.24, 2.45) is 0 Å². The van der Waals surface area contributed by atoms with Crippen LogP contribution < -0.4 is 9.84 Å². The van der Waals surface area contributed by atoms with Gasteiger partial charge in [0, 0.05) is 19.0 Å². The number of diazo groups is 1. The lowest BCUT2D eigenvalue weighted by Crippen LogP contribution is -2.16. The van der Waals surface area contributed by atoms with E-state index in [9.17, 15) is 4.79 Å². The number of hydrogen-bond donors (Lipinski definition) is 0. The number of carbonyl (C=O) groups excluding carboxylic acids is 2. The molecule has 0 spiro atoms. The Kier molecular flexibility index (Phi) is 5.90. The molecule has 0 amide bonds. The molecule has 0 aliphatic heterocycles. The van der Waals surface area contributed by atoms with Gasteiger partial charge in [0.25, 0.3) is 0 Å². The van der Waals surface area contributed by atoms with Crippen molar-refractivity contribution in [3.05, 3.63) is 29.2 Å². The summed E-state index contributed by atoms with van der Waals surface area (Å²) in [7, 11) is 0. The van der Waals surface area contributed by atoms with Crippen LogP contribution in [0.3, 0.4) is 0 Å². The maximum Gasteiger partial charge on any atom is 0.427 e. The summed E-state index contributed by atoms with van der Waals surface area (Å²) in [6.07, 6.45) is 0. The molecule has 16 heavy (non-hydrogen) atoms. The Morgan fingerprint density at radius 1 is 1.31 bits per heavy atom. The van der Waals surface area contributed by atoms with Crippen molar-refractivity contribution in [2.75, 3.05) is 0 Å². The molecule has 0 heterocycles. The van der Waals surface area contributed by atoms with E-state index in [0.717, 1.165) is 6.92 Å². The van der Waals surface area contributed by atoms with Gasteiger partial charge in [0.1, 0.15) is 0 Å². The van der Waals surface area contributed by atoms with Crippen molar-refractivity contribution in [2.45, 2.75) is 13.8 Å². The monoisotopic (exact) mass is 222 g/mol. The molecule has 0 bridgehead atoms. The molecule has 0 saturated carbocycles. The fraction of sp³-hybridized carbons (Fsp3) is 0.200. The average Bonchev–Trinajstić information content (AvgIpc) is 2.17. The summed E-state index contributed by atoms with van der Waals surface area (Å²) in [6, 6.07) is 6.46. The van der Waals surface area contributed by atoms with E-state index >= 15 is 0 Å². The van der Waals surface area contributed by atoms with E-state index < -0.39 is 11.9 Å². The van der Waals surface area contributed by atoms with Crippen molar-refractivity contribution in [3.63, 3.8) is 0 Å². The Balaban J connectivity index is 0.000000487. The van der Waals surface area contributed by atoms with Crippen molar-refractivity contribution in [1.82, 2.24) is 0 Å². The number of ether oxygens (including phenoxy) is 1. The largest absolute Gasteiger partial charge is 0.550 e. The lowest BCUT2D eigenvalue weighted by atomic mass is 10.3. The third kappa shape index (κ3) is 6.10. The number of carboxylic acids is 1. The number of esters is 1. The first-order chi connectivity index (χ1) is 7.47.